The van der Waals surface area contributed by atoms with E-state index in [1.165, 1.54) is 6.42 Å². The molecule has 0 N–H and O–H groups in total. The average molecular weight is 283 g/mol. The van der Waals surface area contributed by atoms with Crippen LogP contribution in [0, 0.1) is 18.8 Å². The Labute approximate surface area is 67.3 Å². The summed E-state index contributed by atoms with van der Waals surface area (Å²) in [6.45, 7) is 10.5. The summed E-state index contributed by atoms with van der Waals surface area (Å²) in [6, 6.07) is 0. The number of hydrogen-bond acceptors (Lipinski definition) is 0. The standard InChI is InChI=1S/C7H15.W/c1-6(2)5-7(3)4;/h6-7H,1,5H2,2-4H3;/q-1;+2. The van der Waals surface area contributed by atoms with Crippen molar-refractivity contribution >= 4 is 0 Å². The molecule has 8 heavy (non-hydrogen) atoms. The fraction of sp³-hybridized carbons (Fsp3) is 0.857. The molecule has 0 aromatic rings. The van der Waals surface area contributed by atoms with Crippen LogP contribution in [-0.4, -0.2) is 0 Å². The van der Waals surface area contributed by atoms with E-state index in [1.807, 2.05) is 0 Å². The molecule has 0 saturated carbocycles. The van der Waals surface area contributed by atoms with Crippen molar-refractivity contribution in [3.05, 3.63) is 6.92 Å². The molecule has 0 aliphatic heterocycles. The second kappa shape index (κ2) is 5.82. The van der Waals surface area contributed by atoms with Crippen LogP contribution in [0.4, 0.5) is 0 Å². The molecule has 0 saturated heterocycles. The van der Waals surface area contributed by atoms with Crippen LogP contribution >= 0.6 is 0 Å². The van der Waals surface area contributed by atoms with Gasteiger partial charge < -0.3 is 6.92 Å². The summed E-state index contributed by atoms with van der Waals surface area (Å²) in [5.41, 5.74) is 0. The minimum Gasteiger partial charge on any atom is -0.341 e. The first-order chi connectivity index (χ1) is 3.13. The van der Waals surface area contributed by atoms with Crippen LogP contribution in [0.3, 0.4) is 0 Å². The van der Waals surface area contributed by atoms with Gasteiger partial charge in [0.05, 0.1) is 0 Å². The molecular formula is C7H15W+. The molecule has 1 heteroatoms. The summed E-state index contributed by atoms with van der Waals surface area (Å²) in [5.74, 6) is 1.44. The first kappa shape index (κ1) is 11.5. The van der Waals surface area contributed by atoms with Crippen LogP contribution in [0.25, 0.3) is 0 Å². The maximum absolute atomic E-state index is 3.88. The minimum absolute atomic E-state index is 0. The van der Waals surface area contributed by atoms with E-state index in [0.717, 1.165) is 5.92 Å². The van der Waals surface area contributed by atoms with Crippen molar-refractivity contribution in [2.75, 3.05) is 0 Å². The van der Waals surface area contributed by atoms with Crippen LogP contribution < -0.4 is 0 Å². The smallest absolute Gasteiger partial charge is 0.341 e. The zero-order valence-corrected chi connectivity index (χ0v) is 8.91. The average Bonchev–Trinajstić information content (AvgIpc) is 1.27. The number of hydrogen-bond donors (Lipinski definition) is 0. The molecule has 0 aromatic heterocycles. The molecule has 1 unspecified atom stereocenters. The minimum atomic E-state index is 0. The second-order valence-electron chi connectivity index (χ2n) is 2.73. The molecule has 0 aromatic carbocycles. The Bertz CT molecular complexity index is 33.7. The summed E-state index contributed by atoms with van der Waals surface area (Å²) < 4.78 is 0. The molecule has 0 rings (SSSR count). The third kappa shape index (κ3) is 9.85. The third-order valence-corrected chi connectivity index (χ3v) is 0.874. The van der Waals surface area contributed by atoms with Crippen molar-refractivity contribution < 1.29 is 21.1 Å². The molecule has 0 amide bonds. The van der Waals surface area contributed by atoms with Gasteiger partial charge in [-0.3, -0.25) is 0 Å². The number of rotatable bonds is 2. The van der Waals surface area contributed by atoms with Crippen molar-refractivity contribution in [3.8, 4) is 0 Å². The normalized spacial score (nSPS) is 13.1. The van der Waals surface area contributed by atoms with Gasteiger partial charge >= 0.3 is 21.1 Å². The van der Waals surface area contributed by atoms with Crippen LogP contribution in [0.2, 0.25) is 0 Å². The SMILES string of the molecule is [CH2-]C(C)CC(C)C.[W+2]. The van der Waals surface area contributed by atoms with E-state index >= 15 is 0 Å². The Hall–Kier alpha value is 0.688. The van der Waals surface area contributed by atoms with Crippen LogP contribution in [0.15, 0.2) is 0 Å². The molecule has 0 radical (unpaired) electrons. The molecule has 0 aliphatic rings. The van der Waals surface area contributed by atoms with Gasteiger partial charge in [-0.25, -0.2) is 0 Å². The van der Waals surface area contributed by atoms with E-state index < -0.39 is 0 Å². The van der Waals surface area contributed by atoms with Crippen molar-refractivity contribution in [2.24, 2.45) is 11.8 Å². The van der Waals surface area contributed by atoms with Gasteiger partial charge in [0.15, 0.2) is 0 Å². The predicted octanol–water partition coefficient (Wildman–Crippen LogP) is 2.50. The largest absolute Gasteiger partial charge is 2.00 e. The van der Waals surface area contributed by atoms with Crippen molar-refractivity contribution in [1.29, 1.82) is 0 Å². The van der Waals surface area contributed by atoms with Crippen molar-refractivity contribution in [2.45, 2.75) is 27.2 Å². The van der Waals surface area contributed by atoms with Gasteiger partial charge in [-0.15, -0.1) is 0 Å². The molecule has 48 valence electrons. The topological polar surface area (TPSA) is 0 Å². The Balaban J connectivity index is 0. The molecule has 1 atom stereocenters. The zero-order valence-electron chi connectivity index (χ0n) is 5.98. The molecule has 0 spiro atoms. The Morgan fingerprint density at radius 1 is 1.25 bits per heavy atom. The Kier molecular flexibility index (Phi) is 8.35. The van der Waals surface area contributed by atoms with Gasteiger partial charge in [0, 0.05) is 0 Å². The zero-order chi connectivity index (χ0) is 5.86. The van der Waals surface area contributed by atoms with Gasteiger partial charge in [0.25, 0.3) is 0 Å². The fourth-order valence-corrected chi connectivity index (χ4v) is 0.805. The maximum Gasteiger partial charge on any atom is 2.00 e. The van der Waals surface area contributed by atoms with Crippen molar-refractivity contribution in [1.82, 2.24) is 0 Å². The Morgan fingerprint density at radius 3 is 1.62 bits per heavy atom. The van der Waals surface area contributed by atoms with Crippen LogP contribution in [-0.2, 0) is 21.1 Å². The van der Waals surface area contributed by atoms with E-state index in [-0.39, 0.29) is 21.1 Å². The van der Waals surface area contributed by atoms with Gasteiger partial charge in [-0.05, 0) is 5.92 Å². The predicted molar refractivity (Wildman–Crippen MR) is 34.0 cm³/mol. The van der Waals surface area contributed by atoms with Crippen molar-refractivity contribution in [3.63, 3.8) is 0 Å². The van der Waals surface area contributed by atoms with Crippen LogP contribution in [0.5, 0.6) is 0 Å². The second-order valence-corrected chi connectivity index (χ2v) is 2.73. The van der Waals surface area contributed by atoms with E-state index in [2.05, 4.69) is 27.7 Å². The summed E-state index contributed by atoms with van der Waals surface area (Å²) in [4.78, 5) is 0. The molecular weight excluding hydrogens is 268 g/mol. The molecule has 0 aliphatic carbocycles. The fourth-order valence-electron chi connectivity index (χ4n) is 0.805. The molecule has 0 fully saturated rings. The molecule has 0 nitrogen and oxygen atoms in total. The summed E-state index contributed by atoms with van der Waals surface area (Å²) >= 11 is 0. The summed E-state index contributed by atoms with van der Waals surface area (Å²) in [5, 5.41) is 0. The van der Waals surface area contributed by atoms with E-state index in [9.17, 15) is 0 Å². The van der Waals surface area contributed by atoms with E-state index in [0.29, 0.717) is 5.92 Å². The molecule has 0 bridgehead atoms. The monoisotopic (exact) mass is 283 g/mol. The quantitative estimate of drug-likeness (QED) is 0.683. The summed E-state index contributed by atoms with van der Waals surface area (Å²) in [6.07, 6.45) is 1.25. The molecule has 0 heterocycles. The first-order valence-electron chi connectivity index (χ1n) is 2.96. The van der Waals surface area contributed by atoms with E-state index in [4.69, 9.17) is 0 Å². The van der Waals surface area contributed by atoms with E-state index in [1.54, 1.807) is 0 Å². The van der Waals surface area contributed by atoms with Gasteiger partial charge in [-0.1, -0.05) is 27.2 Å². The maximum atomic E-state index is 3.88. The van der Waals surface area contributed by atoms with Gasteiger partial charge in [0.1, 0.15) is 0 Å². The first-order valence-corrected chi connectivity index (χ1v) is 2.96. The Morgan fingerprint density at radius 2 is 1.62 bits per heavy atom. The van der Waals surface area contributed by atoms with Crippen LogP contribution in [0.1, 0.15) is 27.2 Å². The van der Waals surface area contributed by atoms with Gasteiger partial charge in [0.2, 0.25) is 0 Å². The van der Waals surface area contributed by atoms with Gasteiger partial charge in [-0.2, -0.15) is 5.92 Å². The third-order valence-electron chi connectivity index (χ3n) is 0.874. The summed E-state index contributed by atoms with van der Waals surface area (Å²) in [7, 11) is 0.